The lowest BCUT2D eigenvalue weighted by Crippen LogP contribution is -2.24. The zero-order chi connectivity index (χ0) is 14.3. The number of ether oxygens (including phenoxy) is 1. The van der Waals surface area contributed by atoms with E-state index in [4.69, 9.17) is 33.7 Å². The molecule has 2 heterocycles. The Morgan fingerprint density at radius 3 is 2.65 bits per heavy atom. The SMILES string of the molecule is CC(C1CCOCC1)n1c(N)nc2cc(Cl)c(Cl)cc21. The number of halogens is 2. The van der Waals surface area contributed by atoms with Crippen molar-refractivity contribution >= 4 is 40.2 Å². The summed E-state index contributed by atoms with van der Waals surface area (Å²) in [6.45, 7) is 3.80. The molecule has 1 fully saturated rings. The van der Waals surface area contributed by atoms with Gasteiger partial charge in [-0.05, 0) is 37.8 Å². The van der Waals surface area contributed by atoms with E-state index in [1.807, 2.05) is 6.07 Å². The quantitative estimate of drug-likeness (QED) is 0.914. The van der Waals surface area contributed by atoms with E-state index in [9.17, 15) is 0 Å². The zero-order valence-electron chi connectivity index (χ0n) is 11.3. The van der Waals surface area contributed by atoms with Crippen molar-refractivity contribution in [3.63, 3.8) is 0 Å². The van der Waals surface area contributed by atoms with E-state index in [1.54, 1.807) is 6.07 Å². The molecule has 1 unspecified atom stereocenters. The molecular formula is C14H17Cl2N3O. The number of nitrogens with zero attached hydrogens (tertiary/aromatic N) is 2. The van der Waals surface area contributed by atoms with Crippen molar-refractivity contribution in [1.82, 2.24) is 9.55 Å². The average molecular weight is 314 g/mol. The number of rotatable bonds is 2. The normalized spacial score (nSPS) is 18.6. The van der Waals surface area contributed by atoms with Gasteiger partial charge in [0.1, 0.15) is 0 Å². The fraction of sp³-hybridized carbons (Fsp3) is 0.500. The van der Waals surface area contributed by atoms with Gasteiger partial charge in [-0.2, -0.15) is 0 Å². The van der Waals surface area contributed by atoms with Gasteiger partial charge >= 0.3 is 0 Å². The average Bonchev–Trinajstić information content (AvgIpc) is 2.75. The largest absolute Gasteiger partial charge is 0.381 e. The lowest BCUT2D eigenvalue weighted by Gasteiger charge is -2.29. The molecule has 2 N–H and O–H groups in total. The van der Waals surface area contributed by atoms with Gasteiger partial charge in [-0.3, -0.25) is 0 Å². The molecule has 1 aromatic heterocycles. The van der Waals surface area contributed by atoms with E-state index < -0.39 is 0 Å². The Labute approximate surface area is 127 Å². The van der Waals surface area contributed by atoms with Crippen molar-refractivity contribution in [2.24, 2.45) is 5.92 Å². The number of hydrogen-bond acceptors (Lipinski definition) is 3. The number of anilines is 1. The highest BCUT2D eigenvalue weighted by molar-refractivity contribution is 6.42. The molecule has 0 saturated carbocycles. The second kappa shape index (κ2) is 5.43. The molecular weight excluding hydrogens is 297 g/mol. The molecule has 1 aliphatic heterocycles. The van der Waals surface area contributed by atoms with E-state index in [0.29, 0.717) is 21.9 Å². The van der Waals surface area contributed by atoms with Crippen molar-refractivity contribution in [3.05, 3.63) is 22.2 Å². The van der Waals surface area contributed by atoms with Crippen LogP contribution >= 0.6 is 23.2 Å². The number of aromatic nitrogens is 2. The Morgan fingerprint density at radius 1 is 1.30 bits per heavy atom. The minimum atomic E-state index is 0.265. The van der Waals surface area contributed by atoms with E-state index in [2.05, 4.69) is 16.5 Å². The predicted octanol–water partition coefficient (Wildman–Crippen LogP) is 3.91. The predicted molar refractivity (Wildman–Crippen MR) is 82.4 cm³/mol. The summed E-state index contributed by atoms with van der Waals surface area (Å²) in [6.07, 6.45) is 2.09. The molecule has 4 nitrogen and oxygen atoms in total. The number of benzene rings is 1. The Bertz CT molecular complexity index is 635. The van der Waals surface area contributed by atoms with Gasteiger partial charge in [0.2, 0.25) is 5.95 Å². The van der Waals surface area contributed by atoms with Crippen molar-refractivity contribution in [2.75, 3.05) is 18.9 Å². The second-order valence-electron chi connectivity index (χ2n) is 5.29. The van der Waals surface area contributed by atoms with Crippen molar-refractivity contribution in [1.29, 1.82) is 0 Å². The zero-order valence-corrected chi connectivity index (χ0v) is 12.8. The van der Waals surface area contributed by atoms with Gasteiger partial charge in [0, 0.05) is 19.3 Å². The smallest absolute Gasteiger partial charge is 0.201 e. The molecule has 1 saturated heterocycles. The van der Waals surface area contributed by atoms with Crippen LogP contribution in [0.4, 0.5) is 5.95 Å². The van der Waals surface area contributed by atoms with Crippen LogP contribution in [0.15, 0.2) is 12.1 Å². The summed E-state index contributed by atoms with van der Waals surface area (Å²) in [6, 6.07) is 3.88. The minimum absolute atomic E-state index is 0.265. The second-order valence-corrected chi connectivity index (χ2v) is 6.10. The molecule has 108 valence electrons. The number of nitrogen functional groups attached to an aromatic ring is 1. The highest BCUT2D eigenvalue weighted by Gasteiger charge is 2.25. The standard InChI is InChI=1S/C14H17Cl2N3O/c1-8(9-2-4-20-5-3-9)19-13-7-11(16)10(15)6-12(13)18-14(19)17/h6-9H,2-5H2,1H3,(H2,17,18). The number of imidazole rings is 1. The molecule has 0 amide bonds. The highest BCUT2D eigenvalue weighted by atomic mass is 35.5. The first-order valence-electron chi connectivity index (χ1n) is 6.78. The summed E-state index contributed by atoms with van der Waals surface area (Å²) in [5.74, 6) is 1.05. The maximum absolute atomic E-state index is 6.13. The van der Waals surface area contributed by atoms with Gasteiger partial charge in [0.25, 0.3) is 0 Å². The molecule has 2 aromatic rings. The molecule has 1 aromatic carbocycles. The molecule has 0 radical (unpaired) electrons. The Kier molecular flexibility index (Phi) is 3.80. The summed E-state index contributed by atoms with van der Waals surface area (Å²) in [5.41, 5.74) is 7.82. The van der Waals surface area contributed by atoms with Gasteiger partial charge in [0.05, 0.1) is 21.1 Å². The van der Waals surface area contributed by atoms with Crippen LogP contribution in [0, 0.1) is 5.92 Å². The number of fused-ring (bicyclic) bond motifs is 1. The lowest BCUT2D eigenvalue weighted by molar-refractivity contribution is 0.0521. The number of nitrogens with two attached hydrogens (primary N) is 1. The summed E-state index contributed by atoms with van der Waals surface area (Å²) in [7, 11) is 0. The van der Waals surface area contributed by atoms with Crippen LogP contribution < -0.4 is 5.73 Å². The number of hydrogen-bond donors (Lipinski definition) is 1. The summed E-state index contributed by atoms with van der Waals surface area (Å²) in [5, 5.41) is 1.03. The fourth-order valence-corrected chi connectivity index (χ4v) is 3.26. The van der Waals surface area contributed by atoms with Crippen LogP contribution in [-0.4, -0.2) is 22.8 Å². The third-order valence-corrected chi connectivity index (χ3v) is 4.84. The first-order chi connectivity index (χ1) is 9.58. The Morgan fingerprint density at radius 2 is 1.95 bits per heavy atom. The van der Waals surface area contributed by atoms with Crippen LogP contribution in [-0.2, 0) is 4.74 Å². The fourth-order valence-electron chi connectivity index (χ4n) is 2.95. The Balaban J connectivity index is 2.05. The topological polar surface area (TPSA) is 53.1 Å². The molecule has 0 spiro atoms. The van der Waals surface area contributed by atoms with Crippen LogP contribution in [0.5, 0.6) is 0 Å². The van der Waals surface area contributed by atoms with E-state index in [0.717, 1.165) is 37.1 Å². The van der Waals surface area contributed by atoms with E-state index in [1.165, 1.54) is 0 Å². The monoisotopic (exact) mass is 313 g/mol. The molecule has 6 heteroatoms. The van der Waals surface area contributed by atoms with Crippen LogP contribution in [0.2, 0.25) is 10.0 Å². The van der Waals surface area contributed by atoms with Gasteiger partial charge in [-0.15, -0.1) is 0 Å². The van der Waals surface area contributed by atoms with Crippen LogP contribution in [0.1, 0.15) is 25.8 Å². The highest BCUT2D eigenvalue weighted by Crippen LogP contribution is 2.35. The van der Waals surface area contributed by atoms with E-state index >= 15 is 0 Å². The summed E-state index contributed by atoms with van der Waals surface area (Å²) < 4.78 is 7.49. The van der Waals surface area contributed by atoms with Gasteiger partial charge in [-0.25, -0.2) is 4.98 Å². The van der Waals surface area contributed by atoms with Gasteiger partial charge < -0.3 is 15.0 Å². The molecule has 0 aliphatic carbocycles. The van der Waals surface area contributed by atoms with Crippen LogP contribution in [0.25, 0.3) is 11.0 Å². The van der Waals surface area contributed by atoms with Crippen LogP contribution in [0.3, 0.4) is 0 Å². The molecule has 1 atom stereocenters. The lowest BCUT2D eigenvalue weighted by atomic mass is 9.92. The molecule has 3 rings (SSSR count). The first-order valence-corrected chi connectivity index (χ1v) is 7.53. The van der Waals surface area contributed by atoms with Crippen molar-refractivity contribution < 1.29 is 4.74 Å². The van der Waals surface area contributed by atoms with Gasteiger partial charge in [-0.1, -0.05) is 23.2 Å². The first kappa shape index (κ1) is 14.0. The van der Waals surface area contributed by atoms with Crippen molar-refractivity contribution in [3.8, 4) is 0 Å². The van der Waals surface area contributed by atoms with Gasteiger partial charge in [0.15, 0.2) is 0 Å². The maximum atomic E-state index is 6.13. The van der Waals surface area contributed by atoms with E-state index in [-0.39, 0.29) is 6.04 Å². The molecule has 1 aliphatic rings. The molecule has 0 bridgehead atoms. The third-order valence-electron chi connectivity index (χ3n) is 4.11. The third kappa shape index (κ3) is 2.36. The Hall–Kier alpha value is -0.970. The summed E-state index contributed by atoms with van der Waals surface area (Å²) >= 11 is 12.2. The van der Waals surface area contributed by atoms with Crippen molar-refractivity contribution in [2.45, 2.75) is 25.8 Å². The minimum Gasteiger partial charge on any atom is -0.381 e. The maximum Gasteiger partial charge on any atom is 0.201 e. The molecule has 20 heavy (non-hydrogen) atoms. The summed E-state index contributed by atoms with van der Waals surface area (Å²) in [4.78, 5) is 4.40.